The monoisotopic (exact) mass is 367 g/mol. The average molecular weight is 367 g/mol. The minimum absolute atomic E-state index is 0.0598. The lowest BCUT2D eigenvalue weighted by Crippen LogP contribution is -2.31. The van der Waals surface area contributed by atoms with Crippen LogP contribution in [0, 0.1) is 10.1 Å². The molecular weight excluding hydrogens is 346 g/mol. The number of nitro groups is 1. The zero-order chi connectivity index (χ0) is 19.0. The fraction of sp³-hybridized carbons (Fsp3) is 0.350. The molecule has 0 unspecified atom stereocenters. The molecular formula is C20H21N3O4. The van der Waals surface area contributed by atoms with Crippen LogP contribution < -0.4 is 14.5 Å². The molecule has 1 fully saturated rings. The normalized spacial score (nSPS) is 15.7. The fourth-order valence-corrected chi connectivity index (χ4v) is 3.90. The zero-order valence-electron chi connectivity index (χ0n) is 15.2. The molecule has 0 aliphatic carbocycles. The summed E-state index contributed by atoms with van der Waals surface area (Å²) >= 11 is 0. The van der Waals surface area contributed by atoms with E-state index in [4.69, 9.17) is 4.74 Å². The number of nitro benzene ring substituents is 1. The Morgan fingerprint density at radius 2 is 1.81 bits per heavy atom. The Labute approximate surface area is 157 Å². The molecule has 140 valence electrons. The summed E-state index contributed by atoms with van der Waals surface area (Å²) in [5.74, 6) is 0.570. The number of hydrogen-bond acceptors (Lipinski definition) is 5. The Kier molecular flexibility index (Phi) is 4.43. The SMILES string of the molecule is COc1ccc2c(c1)CCN2C(=O)c1cc([N+](=O)[O-])ccc1N1CCCC1. The van der Waals surface area contributed by atoms with E-state index in [0.29, 0.717) is 12.1 Å². The van der Waals surface area contributed by atoms with Gasteiger partial charge in [0.05, 0.1) is 23.3 Å². The van der Waals surface area contributed by atoms with E-state index < -0.39 is 4.92 Å². The summed E-state index contributed by atoms with van der Waals surface area (Å²) in [7, 11) is 1.62. The van der Waals surface area contributed by atoms with Crippen molar-refractivity contribution in [3.63, 3.8) is 0 Å². The molecule has 1 amide bonds. The van der Waals surface area contributed by atoms with Crippen LogP contribution in [-0.4, -0.2) is 37.6 Å². The van der Waals surface area contributed by atoms with Crippen molar-refractivity contribution in [2.45, 2.75) is 19.3 Å². The molecule has 0 bridgehead atoms. The molecule has 2 aromatic rings. The van der Waals surface area contributed by atoms with Crippen LogP contribution in [0.25, 0.3) is 0 Å². The van der Waals surface area contributed by atoms with Gasteiger partial charge >= 0.3 is 0 Å². The number of methoxy groups -OCH3 is 1. The molecule has 0 spiro atoms. The van der Waals surface area contributed by atoms with Gasteiger partial charge in [-0.05, 0) is 49.1 Å². The van der Waals surface area contributed by atoms with Crippen LogP contribution in [0.1, 0.15) is 28.8 Å². The van der Waals surface area contributed by atoms with Crippen molar-refractivity contribution in [1.82, 2.24) is 0 Å². The van der Waals surface area contributed by atoms with E-state index in [1.165, 1.54) is 12.1 Å². The summed E-state index contributed by atoms with van der Waals surface area (Å²) in [6.45, 7) is 2.29. The van der Waals surface area contributed by atoms with Crippen LogP contribution in [0.5, 0.6) is 5.75 Å². The predicted octanol–water partition coefficient (Wildman–Crippen LogP) is 3.41. The van der Waals surface area contributed by atoms with Crippen LogP contribution in [0.3, 0.4) is 0 Å². The fourth-order valence-electron chi connectivity index (χ4n) is 3.90. The lowest BCUT2D eigenvalue weighted by atomic mass is 10.1. The highest BCUT2D eigenvalue weighted by atomic mass is 16.6. The third kappa shape index (κ3) is 3.09. The van der Waals surface area contributed by atoms with E-state index in [-0.39, 0.29) is 11.6 Å². The number of rotatable bonds is 4. The molecule has 7 heteroatoms. The number of nitrogens with zero attached hydrogens (tertiary/aromatic N) is 3. The minimum Gasteiger partial charge on any atom is -0.497 e. The van der Waals surface area contributed by atoms with Crippen LogP contribution >= 0.6 is 0 Å². The summed E-state index contributed by atoms with van der Waals surface area (Å²) in [4.78, 5) is 28.0. The lowest BCUT2D eigenvalue weighted by molar-refractivity contribution is -0.384. The van der Waals surface area contributed by atoms with E-state index in [1.54, 1.807) is 18.1 Å². The first-order valence-electron chi connectivity index (χ1n) is 9.10. The minimum atomic E-state index is -0.451. The number of carbonyl (C=O) groups excluding carboxylic acids is 1. The summed E-state index contributed by atoms with van der Waals surface area (Å²) < 4.78 is 5.26. The number of anilines is 2. The van der Waals surface area contributed by atoms with Crippen LogP contribution in [-0.2, 0) is 6.42 Å². The van der Waals surface area contributed by atoms with Crippen molar-refractivity contribution in [1.29, 1.82) is 0 Å². The first-order chi connectivity index (χ1) is 13.1. The van der Waals surface area contributed by atoms with Crippen LogP contribution in [0.15, 0.2) is 36.4 Å². The van der Waals surface area contributed by atoms with E-state index in [1.807, 2.05) is 18.2 Å². The Bertz CT molecular complexity index is 906. The smallest absolute Gasteiger partial charge is 0.270 e. The number of carbonyl (C=O) groups is 1. The second-order valence-electron chi connectivity index (χ2n) is 6.85. The molecule has 0 radical (unpaired) electrons. The molecule has 2 aliphatic heterocycles. The van der Waals surface area contributed by atoms with E-state index >= 15 is 0 Å². The molecule has 0 saturated carbocycles. The van der Waals surface area contributed by atoms with Crippen molar-refractivity contribution >= 4 is 23.0 Å². The van der Waals surface area contributed by atoms with Gasteiger partial charge in [-0.3, -0.25) is 14.9 Å². The quantitative estimate of drug-likeness (QED) is 0.611. The maximum atomic E-state index is 13.4. The lowest BCUT2D eigenvalue weighted by Gasteiger charge is -2.24. The van der Waals surface area contributed by atoms with Gasteiger partial charge in [-0.15, -0.1) is 0 Å². The number of benzene rings is 2. The summed E-state index contributed by atoms with van der Waals surface area (Å²) in [6, 6.07) is 10.3. The highest BCUT2D eigenvalue weighted by Crippen LogP contribution is 2.35. The van der Waals surface area contributed by atoms with E-state index in [9.17, 15) is 14.9 Å². The van der Waals surface area contributed by atoms with Crippen molar-refractivity contribution in [2.24, 2.45) is 0 Å². The first-order valence-corrected chi connectivity index (χ1v) is 9.10. The maximum absolute atomic E-state index is 13.4. The maximum Gasteiger partial charge on any atom is 0.270 e. The van der Waals surface area contributed by atoms with Gasteiger partial charge in [0.2, 0.25) is 0 Å². The summed E-state index contributed by atoms with van der Waals surface area (Å²) in [6.07, 6.45) is 2.88. The van der Waals surface area contributed by atoms with Crippen molar-refractivity contribution in [3.8, 4) is 5.75 Å². The predicted molar refractivity (Wildman–Crippen MR) is 103 cm³/mol. The Balaban J connectivity index is 1.73. The van der Waals surface area contributed by atoms with Gasteiger partial charge in [0.25, 0.3) is 11.6 Å². The number of fused-ring (bicyclic) bond motifs is 1. The summed E-state index contributed by atoms with van der Waals surface area (Å²) in [5.41, 5.74) is 3.02. The Morgan fingerprint density at radius 1 is 1.07 bits per heavy atom. The third-order valence-electron chi connectivity index (χ3n) is 5.30. The molecule has 27 heavy (non-hydrogen) atoms. The molecule has 4 rings (SSSR count). The number of non-ortho nitro benzene ring substituents is 1. The van der Waals surface area contributed by atoms with Gasteiger partial charge in [0.15, 0.2) is 0 Å². The molecule has 2 heterocycles. The van der Waals surface area contributed by atoms with Gasteiger partial charge < -0.3 is 14.5 Å². The molecule has 7 nitrogen and oxygen atoms in total. The van der Waals surface area contributed by atoms with Crippen LogP contribution in [0.4, 0.5) is 17.1 Å². The molecule has 0 aromatic heterocycles. The van der Waals surface area contributed by atoms with Gasteiger partial charge in [-0.1, -0.05) is 0 Å². The van der Waals surface area contributed by atoms with Gasteiger partial charge in [0.1, 0.15) is 5.75 Å². The molecule has 0 atom stereocenters. The highest BCUT2D eigenvalue weighted by molar-refractivity contribution is 6.11. The van der Waals surface area contributed by atoms with E-state index in [0.717, 1.165) is 55.0 Å². The van der Waals surface area contributed by atoms with Crippen molar-refractivity contribution in [2.75, 3.05) is 36.5 Å². The number of ether oxygens (including phenoxy) is 1. The topological polar surface area (TPSA) is 75.9 Å². The van der Waals surface area contributed by atoms with E-state index in [2.05, 4.69) is 4.90 Å². The van der Waals surface area contributed by atoms with Crippen LogP contribution in [0.2, 0.25) is 0 Å². The largest absolute Gasteiger partial charge is 0.497 e. The van der Waals surface area contributed by atoms with Crippen molar-refractivity contribution in [3.05, 3.63) is 57.6 Å². The second kappa shape index (κ2) is 6.90. The van der Waals surface area contributed by atoms with Gasteiger partial charge in [0, 0.05) is 37.5 Å². The van der Waals surface area contributed by atoms with Gasteiger partial charge in [-0.2, -0.15) is 0 Å². The first kappa shape index (κ1) is 17.3. The molecule has 2 aliphatic rings. The number of hydrogen-bond donors (Lipinski definition) is 0. The standard InChI is InChI=1S/C20H21N3O4/c1-27-16-5-7-18-14(12-16)8-11-22(18)20(24)17-13-15(23(25)26)4-6-19(17)21-9-2-3-10-21/h4-7,12-13H,2-3,8-11H2,1H3. The highest BCUT2D eigenvalue weighted by Gasteiger charge is 2.30. The number of amides is 1. The average Bonchev–Trinajstić information content (AvgIpc) is 3.36. The molecule has 1 saturated heterocycles. The molecule has 0 N–H and O–H groups in total. The molecule has 2 aromatic carbocycles. The zero-order valence-corrected chi connectivity index (χ0v) is 15.2. The van der Waals surface area contributed by atoms with Gasteiger partial charge in [-0.25, -0.2) is 0 Å². The Hall–Kier alpha value is -3.09. The third-order valence-corrected chi connectivity index (χ3v) is 5.30. The summed E-state index contributed by atoms with van der Waals surface area (Å²) in [5, 5.41) is 11.3. The van der Waals surface area contributed by atoms with Crippen molar-refractivity contribution < 1.29 is 14.5 Å². The second-order valence-corrected chi connectivity index (χ2v) is 6.85. The Morgan fingerprint density at radius 3 is 2.52 bits per heavy atom.